The Balaban J connectivity index is 2.24. The van der Waals surface area contributed by atoms with Crippen LogP contribution in [0.5, 0.6) is 0 Å². The van der Waals surface area contributed by atoms with Crippen molar-refractivity contribution in [3.8, 4) is 0 Å². The van der Waals surface area contributed by atoms with Crippen LogP contribution < -0.4 is 5.43 Å². The van der Waals surface area contributed by atoms with E-state index in [9.17, 15) is 18.0 Å². The molecule has 3 rings (SSSR count). The van der Waals surface area contributed by atoms with Crippen LogP contribution in [-0.4, -0.2) is 23.6 Å². The van der Waals surface area contributed by atoms with E-state index in [0.29, 0.717) is 5.39 Å². The minimum absolute atomic E-state index is 0.0388. The fourth-order valence-corrected chi connectivity index (χ4v) is 3.21. The molecule has 2 aromatic rings. The predicted molar refractivity (Wildman–Crippen MR) is 90.9 cm³/mol. The molecule has 1 saturated heterocycles. The molecule has 1 aliphatic heterocycles. The Morgan fingerprint density at radius 3 is 2.36 bits per heavy atom. The zero-order valence-corrected chi connectivity index (χ0v) is 14.4. The van der Waals surface area contributed by atoms with Crippen molar-refractivity contribution in [2.45, 2.75) is 44.8 Å². The Bertz CT molecular complexity index is 808. The molecular formula is C19H21F3N2O. The van der Waals surface area contributed by atoms with Gasteiger partial charge in [0, 0.05) is 13.0 Å². The molecule has 1 heterocycles. The van der Waals surface area contributed by atoms with E-state index in [1.165, 1.54) is 0 Å². The molecule has 0 spiro atoms. The van der Waals surface area contributed by atoms with Gasteiger partial charge in [0.15, 0.2) is 6.04 Å². The molecule has 0 aromatic heterocycles. The summed E-state index contributed by atoms with van der Waals surface area (Å²) < 4.78 is 41.8. The molecule has 0 saturated carbocycles. The molecule has 2 aromatic carbocycles. The van der Waals surface area contributed by atoms with Crippen LogP contribution in [0.15, 0.2) is 36.4 Å². The number of hydrogen-bond acceptors (Lipinski definition) is 2. The summed E-state index contributed by atoms with van der Waals surface area (Å²) in [5.41, 5.74) is 3.08. The van der Waals surface area contributed by atoms with E-state index >= 15 is 0 Å². The maximum Gasteiger partial charge on any atom is 0.409 e. The van der Waals surface area contributed by atoms with E-state index in [0.717, 1.165) is 16.0 Å². The molecule has 1 fully saturated rings. The maximum absolute atomic E-state index is 13.9. The first-order valence-corrected chi connectivity index (χ1v) is 8.23. The van der Waals surface area contributed by atoms with E-state index in [2.05, 4.69) is 5.43 Å². The third-order valence-electron chi connectivity index (χ3n) is 4.52. The lowest BCUT2D eigenvalue weighted by Crippen LogP contribution is -2.43. The lowest BCUT2D eigenvalue weighted by Gasteiger charge is -2.31. The fourth-order valence-electron chi connectivity index (χ4n) is 3.21. The molecule has 0 unspecified atom stereocenters. The summed E-state index contributed by atoms with van der Waals surface area (Å²) >= 11 is 0. The van der Waals surface area contributed by atoms with Crippen LogP contribution in [0.1, 0.15) is 44.4 Å². The molecule has 25 heavy (non-hydrogen) atoms. The monoisotopic (exact) mass is 350 g/mol. The number of alkyl halides is 3. The number of amides is 1. The van der Waals surface area contributed by atoms with Crippen LogP contribution in [0, 0.1) is 0 Å². The molecule has 6 heteroatoms. The third kappa shape index (κ3) is 3.49. The Morgan fingerprint density at radius 2 is 1.80 bits per heavy atom. The Hall–Kier alpha value is -2.08. The molecule has 3 nitrogen and oxygen atoms in total. The molecule has 1 amide bonds. The standard InChI is InChI=1S/C19H21F3N2O/c1-18(2,3)13-10-12-6-4-5-7-14(12)15(11-13)17(19(20,21)22)24-9-8-16(25)23-24/h4-7,10-11,17H,8-9H2,1-3H3,(H,23,25)/t17-/m0/s1. The quantitative estimate of drug-likeness (QED) is 0.866. The zero-order chi connectivity index (χ0) is 18.4. The highest BCUT2D eigenvalue weighted by molar-refractivity contribution is 5.87. The first kappa shape index (κ1) is 17.7. The number of rotatable bonds is 2. The molecule has 0 bridgehead atoms. The molecule has 1 aliphatic rings. The van der Waals surface area contributed by atoms with Gasteiger partial charge in [0.05, 0.1) is 0 Å². The van der Waals surface area contributed by atoms with Gasteiger partial charge >= 0.3 is 6.18 Å². The van der Waals surface area contributed by atoms with Crippen molar-refractivity contribution < 1.29 is 18.0 Å². The van der Waals surface area contributed by atoms with Crippen molar-refractivity contribution in [2.75, 3.05) is 6.54 Å². The molecule has 134 valence electrons. The lowest BCUT2D eigenvalue weighted by molar-refractivity contribution is -0.190. The number of nitrogens with one attached hydrogen (secondary N) is 1. The first-order valence-electron chi connectivity index (χ1n) is 8.23. The molecule has 1 atom stereocenters. The fraction of sp³-hybridized carbons (Fsp3) is 0.421. The van der Waals surface area contributed by atoms with Crippen molar-refractivity contribution in [3.05, 3.63) is 47.5 Å². The SMILES string of the molecule is CC(C)(C)c1cc([C@H](N2CCC(=O)N2)C(F)(F)F)c2ccccc2c1. The van der Waals surface area contributed by atoms with E-state index in [1.807, 2.05) is 39.0 Å². The van der Waals surface area contributed by atoms with Crippen molar-refractivity contribution in [1.29, 1.82) is 0 Å². The summed E-state index contributed by atoms with van der Waals surface area (Å²) in [4.78, 5) is 11.5. The third-order valence-corrected chi connectivity index (χ3v) is 4.52. The van der Waals surface area contributed by atoms with Crippen LogP contribution in [0.3, 0.4) is 0 Å². The van der Waals surface area contributed by atoms with Gasteiger partial charge in [0.25, 0.3) is 0 Å². The van der Waals surface area contributed by atoms with Crippen molar-refractivity contribution in [2.24, 2.45) is 0 Å². The number of hydrazine groups is 1. The van der Waals surface area contributed by atoms with Crippen LogP contribution in [0.4, 0.5) is 13.2 Å². The smallest absolute Gasteiger partial charge is 0.288 e. The number of hydrogen-bond donors (Lipinski definition) is 1. The van der Waals surface area contributed by atoms with Crippen LogP contribution >= 0.6 is 0 Å². The first-order chi connectivity index (χ1) is 11.6. The van der Waals surface area contributed by atoms with Gasteiger partial charge in [-0.15, -0.1) is 0 Å². The second kappa shape index (κ2) is 6.02. The molecule has 0 aliphatic carbocycles. The van der Waals surface area contributed by atoms with Crippen molar-refractivity contribution in [1.82, 2.24) is 10.4 Å². The Labute approximate surface area is 144 Å². The number of benzene rings is 2. The highest BCUT2D eigenvalue weighted by atomic mass is 19.4. The van der Waals surface area contributed by atoms with Gasteiger partial charge in [-0.05, 0) is 27.3 Å². The van der Waals surface area contributed by atoms with Crippen LogP contribution in [0.2, 0.25) is 0 Å². The van der Waals surface area contributed by atoms with Gasteiger partial charge in [-0.1, -0.05) is 57.2 Å². The van der Waals surface area contributed by atoms with Gasteiger partial charge in [0.2, 0.25) is 5.91 Å². The number of halogens is 3. The molecule has 1 N–H and O–H groups in total. The Morgan fingerprint density at radius 1 is 1.12 bits per heavy atom. The predicted octanol–water partition coefficient (Wildman–Crippen LogP) is 4.48. The van der Waals surface area contributed by atoms with Gasteiger partial charge in [-0.3, -0.25) is 10.2 Å². The lowest BCUT2D eigenvalue weighted by atomic mass is 9.83. The van der Waals surface area contributed by atoms with Crippen LogP contribution in [-0.2, 0) is 10.2 Å². The average molecular weight is 350 g/mol. The highest BCUT2D eigenvalue weighted by Gasteiger charge is 2.47. The Kier molecular flexibility index (Phi) is 4.27. The van der Waals surface area contributed by atoms with Gasteiger partial charge in [0.1, 0.15) is 0 Å². The van der Waals surface area contributed by atoms with E-state index < -0.39 is 12.2 Å². The minimum atomic E-state index is -4.50. The summed E-state index contributed by atoms with van der Waals surface area (Å²) in [5.74, 6) is -0.384. The number of carbonyl (C=O) groups is 1. The average Bonchev–Trinajstić information content (AvgIpc) is 2.91. The summed E-state index contributed by atoms with van der Waals surface area (Å²) in [5, 5.41) is 2.33. The highest BCUT2D eigenvalue weighted by Crippen LogP contribution is 2.42. The minimum Gasteiger partial charge on any atom is -0.288 e. The van der Waals surface area contributed by atoms with Crippen LogP contribution in [0.25, 0.3) is 10.8 Å². The summed E-state index contributed by atoms with van der Waals surface area (Å²) in [6, 6.07) is 8.78. The topological polar surface area (TPSA) is 32.3 Å². The second-order valence-corrected chi connectivity index (χ2v) is 7.46. The molecular weight excluding hydrogens is 329 g/mol. The van der Waals surface area contributed by atoms with E-state index in [1.54, 1.807) is 18.2 Å². The van der Waals surface area contributed by atoms with E-state index in [-0.39, 0.29) is 29.9 Å². The second-order valence-electron chi connectivity index (χ2n) is 7.46. The van der Waals surface area contributed by atoms with Crippen molar-refractivity contribution in [3.63, 3.8) is 0 Å². The van der Waals surface area contributed by atoms with Gasteiger partial charge in [-0.2, -0.15) is 13.2 Å². The summed E-state index contributed by atoms with van der Waals surface area (Å²) in [6.45, 7) is 5.96. The zero-order valence-electron chi connectivity index (χ0n) is 14.4. The summed E-state index contributed by atoms with van der Waals surface area (Å²) in [7, 11) is 0. The van der Waals surface area contributed by atoms with Gasteiger partial charge < -0.3 is 0 Å². The largest absolute Gasteiger partial charge is 0.409 e. The maximum atomic E-state index is 13.9. The summed E-state index contributed by atoms with van der Waals surface area (Å²) in [6.07, 6.45) is -4.43. The van der Waals surface area contributed by atoms with Gasteiger partial charge in [-0.25, -0.2) is 5.01 Å². The number of fused-ring (bicyclic) bond motifs is 1. The van der Waals surface area contributed by atoms with E-state index in [4.69, 9.17) is 0 Å². The normalized spacial score (nSPS) is 17.8. The molecule has 0 radical (unpaired) electrons. The van der Waals surface area contributed by atoms with Crippen molar-refractivity contribution >= 4 is 16.7 Å². The number of nitrogens with zero attached hydrogens (tertiary/aromatic N) is 1. The number of carbonyl (C=O) groups excluding carboxylic acids is 1.